The van der Waals surface area contributed by atoms with Crippen LogP contribution in [0, 0.1) is 0 Å². The molecule has 1 heterocycles. The summed E-state index contributed by atoms with van der Waals surface area (Å²) >= 11 is 0. The van der Waals surface area contributed by atoms with Crippen molar-refractivity contribution < 1.29 is 19.8 Å². The molecule has 1 aliphatic rings. The fraction of sp³-hybridized carbons (Fsp3) is 0.296. The van der Waals surface area contributed by atoms with Gasteiger partial charge in [-0.2, -0.15) is 5.10 Å². The van der Waals surface area contributed by atoms with Gasteiger partial charge in [-0.05, 0) is 27.5 Å². The molecule has 2 unspecified atom stereocenters. The summed E-state index contributed by atoms with van der Waals surface area (Å²) in [6, 6.07) is 21.4. The molecular weight excluding hydrogens is 444 g/mol. The van der Waals surface area contributed by atoms with Gasteiger partial charge >= 0.3 is 0 Å². The van der Waals surface area contributed by atoms with Gasteiger partial charge in [0.25, 0.3) is 0 Å². The third-order valence-electron chi connectivity index (χ3n) is 6.03. The average Bonchev–Trinajstić information content (AvgIpc) is 2.87. The molecule has 0 fully saturated rings. The van der Waals surface area contributed by atoms with E-state index in [0.717, 1.165) is 33.2 Å². The number of benzene rings is 3. The standard InChI is InChI=1S/C27H30N4O4/c32-24(17-21-6-3-5-19-4-1-2-7-22(19)21)27(35)29-15-14-28-26(34)16-18-8-10-20(11-9-18)23-12-13-25(33)31-30-23/h1-11,24,27,29,32,35H,12-17H2,(H,28,34)(H,31,33). The highest BCUT2D eigenvalue weighted by Gasteiger charge is 2.17. The van der Waals surface area contributed by atoms with E-state index in [9.17, 15) is 19.8 Å². The largest absolute Gasteiger partial charge is 0.389 e. The number of carbonyl (C=O) groups excluding carboxylic acids is 2. The molecule has 0 saturated carbocycles. The van der Waals surface area contributed by atoms with Crippen molar-refractivity contribution in [2.24, 2.45) is 5.10 Å². The first kappa shape index (κ1) is 24.5. The number of nitrogens with zero attached hydrogens (tertiary/aromatic N) is 1. The second kappa shape index (κ2) is 11.7. The van der Waals surface area contributed by atoms with Gasteiger partial charge in [0.05, 0.1) is 18.2 Å². The molecule has 0 saturated heterocycles. The number of rotatable bonds is 10. The fourth-order valence-corrected chi connectivity index (χ4v) is 4.11. The van der Waals surface area contributed by atoms with Crippen molar-refractivity contribution >= 4 is 28.3 Å². The van der Waals surface area contributed by atoms with E-state index >= 15 is 0 Å². The van der Waals surface area contributed by atoms with Gasteiger partial charge in [0, 0.05) is 32.4 Å². The van der Waals surface area contributed by atoms with Crippen molar-refractivity contribution in [1.82, 2.24) is 16.1 Å². The molecular formula is C27H30N4O4. The van der Waals surface area contributed by atoms with Crippen LogP contribution in [0.2, 0.25) is 0 Å². The van der Waals surface area contributed by atoms with Gasteiger partial charge in [0.15, 0.2) is 0 Å². The highest BCUT2D eigenvalue weighted by atomic mass is 16.3. The Morgan fingerprint density at radius 1 is 0.971 bits per heavy atom. The molecule has 8 nitrogen and oxygen atoms in total. The molecule has 0 spiro atoms. The molecule has 3 aromatic carbocycles. The molecule has 5 N–H and O–H groups in total. The van der Waals surface area contributed by atoms with Crippen LogP contribution in [0.4, 0.5) is 0 Å². The lowest BCUT2D eigenvalue weighted by atomic mass is 9.99. The Bertz CT molecular complexity index is 1200. The summed E-state index contributed by atoms with van der Waals surface area (Å²) in [6.07, 6.45) is -0.512. The molecule has 35 heavy (non-hydrogen) atoms. The maximum Gasteiger partial charge on any atom is 0.240 e. The van der Waals surface area contributed by atoms with Gasteiger partial charge in [-0.3, -0.25) is 14.9 Å². The van der Waals surface area contributed by atoms with Crippen molar-refractivity contribution in [1.29, 1.82) is 0 Å². The van der Waals surface area contributed by atoms with E-state index in [0.29, 0.717) is 32.4 Å². The van der Waals surface area contributed by atoms with Crippen LogP contribution in [-0.4, -0.2) is 53.2 Å². The van der Waals surface area contributed by atoms with Gasteiger partial charge in [0.1, 0.15) is 6.23 Å². The summed E-state index contributed by atoms with van der Waals surface area (Å²) in [7, 11) is 0. The van der Waals surface area contributed by atoms with E-state index in [1.165, 1.54) is 0 Å². The maximum atomic E-state index is 12.3. The second-order valence-corrected chi connectivity index (χ2v) is 8.63. The Morgan fingerprint density at radius 3 is 2.51 bits per heavy atom. The highest BCUT2D eigenvalue weighted by molar-refractivity contribution is 6.04. The zero-order valence-electron chi connectivity index (χ0n) is 19.4. The van der Waals surface area contributed by atoms with Crippen molar-refractivity contribution in [3.05, 3.63) is 83.4 Å². The Kier molecular flexibility index (Phi) is 8.20. The van der Waals surface area contributed by atoms with Gasteiger partial charge in [-0.1, -0.05) is 66.7 Å². The number of fused-ring (bicyclic) bond motifs is 1. The first-order chi connectivity index (χ1) is 17.0. The first-order valence-corrected chi connectivity index (χ1v) is 11.8. The minimum atomic E-state index is -1.11. The minimum absolute atomic E-state index is 0.0802. The van der Waals surface area contributed by atoms with E-state index in [1.807, 2.05) is 66.7 Å². The number of aliphatic hydroxyl groups is 2. The van der Waals surface area contributed by atoms with Crippen LogP contribution >= 0.6 is 0 Å². The van der Waals surface area contributed by atoms with E-state index in [2.05, 4.69) is 21.2 Å². The van der Waals surface area contributed by atoms with Crippen molar-refractivity contribution in [2.45, 2.75) is 38.0 Å². The van der Waals surface area contributed by atoms with Crippen molar-refractivity contribution in [3.8, 4) is 0 Å². The van der Waals surface area contributed by atoms with Crippen LogP contribution in [0.3, 0.4) is 0 Å². The van der Waals surface area contributed by atoms with Crippen LogP contribution in [-0.2, 0) is 22.4 Å². The monoisotopic (exact) mass is 474 g/mol. The van der Waals surface area contributed by atoms with E-state index in [4.69, 9.17) is 0 Å². The molecule has 8 heteroatoms. The number of nitrogens with one attached hydrogen (secondary N) is 3. The van der Waals surface area contributed by atoms with Crippen LogP contribution in [0.15, 0.2) is 71.8 Å². The third kappa shape index (κ3) is 6.73. The molecule has 0 radical (unpaired) electrons. The van der Waals surface area contributed by atoms with Gasteiger partial charge < -0.3 is 15.5 Å². The molecule has 0 aromatic heterocycles. The fourth-order valence-electron chi connectivity index (χ4n) is 4.11. The maximum absolute atomic E-state index is 12.3. The van der Waals surface area contributed by atoms with E-state index in [-0.39, 0.29) is 18.2 Å². The summed E-state index contributed by atoms with van der Waals surface area (Å²) in [5.74, 6) is -0.212. The lowest BCUT2D eigenvalue weighted by Crippen LogP contribution is -2.44. The predicted octanol–water partition coefficient (Wildman–Crippen LogP) is 1.62. The number of carbonyl (C=O) groups is 2. The smallest absolute Gasteiger partial charge is 0.240 e. The molecule has 1 aliphatic heterocycles. The van der Waals surface area contributed by atoms with E-state index < -0.39 is 12.3 Å². The van der Waals surface area contributed by atoms with Crippen LogP contribution in [0.25, 0.3) is 10.8 Å². The Labute approximate surface area is 204 Å². The lowest BCUT2D eigenvalue weighted by Gasteiger charge is -2.20. The average molecular weight is 475 g/mol. The number of aliphatic hydroxyl groups excluding tert-OH is 2. The molecule has 2 amide bonds. The number of amides is 2. The Balaban J connectivity index is 1.18. The third-order valence-corrected chi connectivity index (χ3v) is 6.03. The molecule has 2 atom stereocenters. The minimum Gasteiger partial charge on any atom is -0.389 e. The molecule has 0 bridgehead atoms. The SMILES string of the molecule is O=C(Cc1ccc(C2=NNC(=O)CC2)cc1)NCCNC(O)C(O)Cc1cccc2ccccc12. The molecule has 3 aromatic rings. The van der Waals surface area contributed by atoms with Crippen LogP contribution in [0.1, 0.15) is 29.5 Å². The normalized spacial score (nSPS) is 15.3. The van der Waals surface area contributed by atoms with Crippen LogP contribution < -0.4 is 16.1 Å². The number of hydrogen-bond donors (Lipinski definition) is 5. The summed E-state index contributed by atoms with van der Waals surface area (Å²) in [4.78, 5) is 23.5. The summed E-state index contributed by atoms with van der Waals surface area (Å²) in [6.45, 7) is 0.648. The quantitative estimate of drug-likeness (QED) is 0.226. The predicted molar refractivity (Wildman–Crippen MR) is 135 cm³/mol. The Morgan fingerprint density at radius 2 is 1.74 bits per heavy atom. The summed E-state index contributed by atoms with van der Waals surface area (Å²) < 4.78 is 0. The number of hydrogen-bond acceptors (Lipinski definition) is 6. The second-order valence-electron chi connectivity index (χ2n) is 8.63. The Hall–Kier alpha value is -3.59. The summed E-state index contributed by atoms with van der Waals surface area (Å²) in [5, 5.41) is 32.6. The van der Waals surface area contributed by atoms with Gasteiger partial charge in [-0.25, -0.2) is 5.43 Å². The van der Waals surface area contributed by atoms with Crippen molar-refractivity contribution in [3.63, 3.8) is 0 Å². The molecule has 4 rings (SSSR count). The zero-order chi connectivity index (χ0) is 24.6. The topological polar surface area (TPSA) is 123 Å². The van der Waals surface area contributed by atoms with Gasteiger partial charge in [-0.15, -0.1) is 0 Å². The van der Waals surface area contributed by atoms with Crippen molar-refractivity contribution in [2.75, 3.05) is 13.1 Å². The first-order valence-electron chi connectivity index (χ1n) is 11.8. The molecule has 182 valence electrons. The highest BCUT2D eigenvalue weighted by Crippen LogP contribution is 2.20. The van der Waals surface area contributed by atoms with Gasteiger partial charge in [0.2, 0.25) is 11.8 Å². The van der Waals surface area contributed by atoms with E-state index in [1.54, 1.807) is 0 Å². The number of hydrazone groups is 1. The zero-order valence-corrected chi connectivity index (χ0v) is 19.4. The lowest BCUT2D eigenvalue weighted by molar-refractivity contribution is -0.121. The van der Waals surface area contributed by atoms with Crippen LogP contribution in [0.5, 0.6) is 0 Å². The molecule has 0 aliphatic carbocycles. The summed E-state index contributed by atoms with van der Waals surface area (Å²) in [5.41, 5.74) is 6.07.